The first kappa shape index (κ1) is 11.5. The van der Waals surface area contributed by atoms with Crippen molar-refractivity contribution < 1.29 is 9.53 Å². The van der Waals surface area contributed by atoms with E-state index in [9.17, 15) is 4.79 Å². The van der Waals surface area contributed by atoms with Crippen LogP contribution in [0.15, 0.2) is 42.1 Å². The Morgan fingerprint density at radius 1 is 1.41 bits per heavy atom. The summed E-state index contributed by atoms with van der Waals surface area (Å²) in [6.07, 6.45) is 4.33. The van der Waals surface area contributed by atoms with Crippen molar-refractivity contribution in [3.05, 3.63) is 47.7 Å². The smallest absolute Gasteiger partial charge is 0.333 e. The summed E-state index contributed by atoms with van der Waals surface area (Å²) in [5, 5.41) is 1.15. The lowest BCUT2D eigenvalue weighted by Crippen LogP contribution is -2.06. The van der Waals surface area contributed by atoms with Gasteiger partial charge in [-0.05, 0) is 18.6 Å². The molecule has 0 unspecified atom stereocenters. The van der Waals surface area contributed by atoms with Crippen molar-refractivity contribution in [2.75, 3.05) is 7.11 Å². The number of benzene rings is 1. The maximum Gasteiger partial charge on any atom is 0.333 e. The number of aromatic amines is 1. The highest BCUT2D eigenvalue weighted by Crippen LogP contribution is 2.20. The summed E-state index contributed by atoms with van der Waals surface area (Å²) in [7, 11) is 1.40. The number of carbonyl (C=O) groups is 1. The lowest BCUT2D eigenvalue weighted by molar-refractivity contribution is -0.136. The maximum atomic E-state index is 11.5. The Hall–Kier alpha value is -2.03. The van der Waals surface area contributed by atoms with Crippen molar-refractivity contribution in [3.63, 3.8) is 0 Å². The third-order valence-corrected chi connectivity index (χ3v) is 2.85. The zero-order chi connectivity index (χ0) is 12.3. The highest BCUT2D eigenvalue weighted by molar-refractivity contribution is 5.91. The third kappa shape index (κ3) is 2.23. The van der Waals surface area contributed by atoms with Crippen LogP contribution in [0.2, 0.25) is 0 Å². The number of hydrogen-bond donors (Lipinski definition) is 1. The van der Waals surface area contributed by atoms with Gasteiger partial charge in [0.05, 0.1) is 7.11 Å². The van der Waals surface area contributed by atoms with E-state index in [0.717, 1.165) is 16.5 Å². The Kier molecular flexibility index (Phi) is 3.28. The van der Waals surface area contributed by atoms with Gasteiger partial charge in [-0.3, -0.25) is 0 Å². The molecule has 88 valence electrons. The first-order valence-corrected chi connectivity index (χ1v) is 5.54. The molecule has 2 aromatic rings. The van der Waals surface area contributed by atoms with E-state index in [0.29, 0.717) is 12.0 Å². The van der Waals surface area contributed by atoms with Crippen LogP contribution in [0, 0.1) is 0 Å². The SMILES string of the molecule is CC=C(Cc1c[nH]c2ccccc12)C(=O)OC. The highest BCUT2D eigenvalue weighted by Gasteiger charge is 2.11. The van der Waals surface area contributed by atoms with E-state index in [2.05, 4.69) is 4.98 Å². The Labute approximate surface area is 100 Å². The second kappa shape index (κ2) is 4.87. The van der Waals surface area contributed by atoms with Gasteiger partial charge in [0.15, 0.2) is 0 Å². The average molecular weight is 229 g/mol. The molecular weight excluding hydrogens is 214 g/mol. The summed E-state index contributed by atoms with van der Waals surface area (Å²) in [5.41, 5.74) is 2.87. The fourth-order valence-electron chi connectivity index (χ4n) is 1.91. The molecule has 0 saturated carbocycles. The monoisotopic (exact) mass is 229 g/mol. The molecule has 0 atom stereocenters. The highest BCUT2D eigenvalue weighted by atomic mass is 16.5. The van der Waals surface area contributed by atoms with Gasteiger partial charge in [0.25, 0.3) is 0 Å². The van der Waals surface area contributed by atoms with Gasteiger partial charge >= 0.3 is 5.97 Å². The minimum Gasteiger partial charge on any atom is -0.466 e. The second-order valence-electron chi connectivity index (χ2n) is 3.84. The molecule has 17 heavy (non-hydrogen) atoms. The molecule has 1 heterocycles. The van der Waals surface area contributed by atoms with E-state index in [-0.39, 0.29) is 5.97 Å². The van der Waals surface area contributed by atoms with Crippen molar-refractivity contribution in [1.82, 2.24) is 4.98 Å². The minimum absolute atomic E-state index is 0.266. The van der Waals surface area contributed by atoms with Gasteiger partial charge in [-0.2, -0.15) is 0 Å². The quantitative estimate of drug-likeness (QED) is 0.649. The van der Waals surface area contributed by atoms with Crippen LogP contribution in [0.5, 0.6) is 0 Å². The first-order valence-electron chi connectivity index (χ1n) is 5.54. The number of carbonyl (C=O) groups excluding carboxylic acids is 1. The van der Waals surface area contributed by atoms with Crippen LogP contribution in [0.3, 0.4) is 0 Å². The summed E-state index contributed by atoms with van der Waals surface area (Å²) < 4.78 is 4.75. The molecule has 3 heteroatoms. The molecule has 0 aliphatic heterocycles. The molecule has 0 saturated heterocycles. The molecule has 0 amide bonds. The van der Waals surface area contributed by atoms with Gasteiger partial charge in [0.1, 0.15) is 0 Å². The molecule has 1 aromatic heterocycles. The Bertz CT molecular complexity index is 566. The first-order chi connectivity index (χ1) is 8.26. The molecular formula is C14H15NO2. The average Bonchev–Trinajstić information content (AvgIpc) is 2.78. The van der Waals surface area contributed by atoms with Crippen molar-refractivity contribution in [2.24, 2.45) is 0 Å². The summed E-state index contributed by atoms with van der Waals surface area (Å²) in [6, 6.07) is 8.05. The van der Waals surface area contributed by atoms with Crippen LogP contribution < -0.4 is 0 Å². The van der Waals surface area contributed by atoms with Crippen LogP contribution >= 0.6 is 0 Å². The van der Waals surface area contributed by atoms with E-state index in [4.69, 9.17) is 4.74 Å². The molecule has 1 N–H and O–H groups in total. The zero-order valence-corrected chi connectivity index (χ0v) is 9.99. The molecule has 0 bridgehead atoms. The Morgan fingerprint density at radius 3 is 2.88 bits per heavy atom. The van der Waals surface area contributed by atoms with Gasteiger partial charge < -0.3 is 9.72 Å². The number of para-hydroxylation sites is 1. The largest absolute Gasteiger partial charge is 0.466 e. The fraction of sp³-hybridized carbons (Fsp3) is 0.214. The number of H-pyrrole nitrogens is 1. The topological polar surface area (TPSA) is 42.1 Å². The maximum absolute atomic E-state index is 11.5. The molecule has 0 radical (unpaired) electrons. The van der Waals surface area contributed by atoms with Gasteiger partial charge in [-0.1, -0.05) is 24.3 Å². The summed E-state index contributed by atoms with van der Waals surface area (Å²) >= 11 is 0. The van der Waals surface area contributed by atoms with Crippen LogP contribution in [-0.2, 0) is 16.0 Å². The number of aromatic nitrogens is 1. The number of ether oxygens (including phenoxy) is 1. The summed E-state index contributed by atoms with van der Waals surface area (Å²) in [5.74, 6) is -0.266. The van der Waals surface area contributed by atoms with Crippen LogP contribution in [-0.4, -0.2) is 18.1 Å². The van der Waals surface area contributed by atoms with Gasteiger partial charge in [0.2, 0.25) is 0 Å². The van der Waals surface area contributed by atoms with E-state index in [1.807, 2.05) is 37.4 Å². The van der Waals surface area contributed by atoms with Crippen LogP contribution in [0.25, 0.3) is 10.9 Å². The number of methoxy groups -OCH3 is 1. The number of esters is 1. The Morgan fingerprint density at radius 2 is 2.18 bits per heavy atom. The Balaban J connectivity index is 2.32. The minimum atomic E-state index is -0.266. The molecule has 1 aromatic carbocycles. The molecule has 3 nitrogen and oxygen atoms in total. The van der Waals surface area contributed by atoms with E-state index in [1.54, 1.807) is 6.08 Å². The lowest BCUT2D eigenvalue weighted by Gasteiger charge is -2.03. The number of hydrogen-bond acceptors (Lipinski definition) is 2. The lowest BCUT2D eigenvalue weighted by atomic mass is 10.0. The number of nitrogens with one attached hydrogen (secondary N) is 1. The van der Waals surface area contributed by atoms with Crippen molar-refractivity contribution in [3.8, 4) is 0 Å². The van der Waals surface area contributed by atoms with Crippen molar-refractivity contribution >= 4 is 16.9 Å². The molecule has 0 aliphatic carbocycles. The van der Waals surface area contributed by atoms with E-state index in [1.165, 1.54) is 7.11 Å². The second-order valence-corrected chi connectivity index (χ2v) is 3.84. The van der Waals surface area contributed by atoms with Crippen LogP contribution in [0.4, 0.5) is 0 Å². The molecule has 0 fully saturated rings. The normalized spacial score (nSPS) is 11.8. The van der Waals surface area contributed by atoms with E-state index >= 15 is 0 Å². The summed E-state index contributed by atoms with van der Waals surface area (Å²) in [6.45, 7) is 1.85. The van der Waals surface area contributed by atoms with E-state index < -0.39 is 0 Å². The third-order valence-electron chi connectivity index (χ3n) is 2.85. The predicted octanol–water partition coefficient (Wildman–Crippen LogP) is 2.83. The van der Waals surface area contributed by atoms with Gasteiger partial charge in [-0.15, -0.1) is 0 Å². The standard InChI is InChI=1S/C14H15NO2/c1-3-10(14(16)17-2)8-11-9-15-13-7-5-4-6-12(11)13/h3-7,9,15H,8H2,1-2H3. The van der Waals surface area contributed by atoms with Crippen molar-refractivity contribution in [1.29, 1.82) is 0 Å². The molecule has 0 aliphatic rings. The molecule has 0 spiro atoms. The summed E-state index contributed by atoms with van der Waals surface area (Å²) in [4.78, 5) is 14.7. The number of fused-ring (bicyclic) bond motifs is 1. The van der Waals surface area contributed by atoms with Gasteiger partial charge in [0, 0.05) is 29.1 Å². The number of rotatable bonds is 3. The predicted molar refractivity (Wildman–Crippen MR) is 67.8 cm³/mol. The van der Waals surface area contributed by atoms with Gasteiger partial charge in [-0.25, -0.2) is 4.79 Å². The number of allylic oxidation sites excluding steroid dienone is 1. The van der Waals surface area contributed by atoms with Crippen LogP contribution in [0.1, 0.15) is 12.5 Å². The fourth-order valence-corrected chi connectivity index (χ4v) is 1.91. The zero-order valence-electron chi connectivity index (χ0n) is 9.99. The molecule has 2 rings (SSSR count). The van der Waals surface area contributed by atoms with Crippen molar-refractivity contribution in [2.45, 2.75) is 13.3 Å².